The minimum Gasteiger partial charge on any atom is -0.394 e. The lowest BCUT2D eigenvalue weighted by atomic mass is 9.99. The van der Waals surface area contributed by atoms with Crippen LogP contribution in [-0.4, -0.2) is 146 Å². The zero-order valence-electron chi connectivity index (χ0n) is 15.7. The minimum atomic E-state index is -1.78. The van der Waals surface area contributed by atoms with E-state index >= 15 is 0 Å². The van der Waals surface area contributed by atoms with Gasteiger partial charge in [0.2, 0.25) is 0 Å². The van der Waals surface area contributed by atoms with Gasteiger partial charge in [0, 0.05) is 0 Å². The van der Waals surface area contributed by atoms with E-state index in [1.807, 2.05) is 0 Å². The molecule has 176 valence electrons. The van der Waals surface area contributed by atoms with Crippen LogP contribution in [0.5, 0.6) is 0 Å². The molecule has 0 radical (unpaired) electrons. The third-order valence-corrected chi connectivity index (χ3v) is 5.39. The average molecular weight is 444 g/mol. The molecule has 0 aromatic carbocycles. The molecule has 3 fully saturated rings. The van der Waals surface area contributed by atoms with Gasteiger partial charge in [0.1, 0.15) is 61.0 Å². The molecule has 30 heavy (non-hydrogen) atoms. The first-order valence-corrected chi connectivity index (χ1v) is 9.41. The van der Waals surface area contributed by atoms with E-state index in [1.165, 1.54) is 0 Å². The van der Waals surface area contributed by atoms with Gasteiger partial charge in [-0.3, -0.25) is 0 Å². The highest BCUT2D eigenvalue weighted by atomic mass is 16.8. The second-order valence-electron chi connectivity index (χ2n) is 7.35. The van der Waals surface area contributed by atoms with Gasteiger partial charge in [-0.1, -0.05) is 0 Å². The lowest BCUT2D eigenvalue weighted by Crippen LogP contribution is -2.60. The first-order valence-electron chi connectivity index (χ1n) is 9.41. The van der Waals surface area contributed by atoms with E-state index in [1.54, 1.807) is 0 Å². The van der Waals surface area contributed by atoms with Crippen molar-refractivity contribution in [1.82, 2.24) is 0 Å². The van der Waals surface area contributed by atoms with Crippen LogP contribution in [0.2, 0.25) is 0 Å². The van der Waals surface area contributed by atoms with E-state index < -0.39 is 99.7 Å². The second-order valence-corrected chi connectivity index (χ2v) is 7.35. The van der Waals surface area contributed by atoms with Crippen molar-refractivity contribution in [1.29, 1.82) is 0 Å². The van der Waals surface area contributed by atoms with Crippen LogP contribution in [0.3, 0.4) is 0 Å². The van der Waals surface area contributed by atoms with Gasteiger partial charge in [0.25, 0.3) is 0 Å². The average Bonchev–Trinajstić information content (AvgIpc) is 3.18. The molecule has 1 unspecified atom stereocenters. The molecule has 3 aliphatic heterocycles. The highest BCUT2D eigenvalue weighted by Crippen LogP contribution is 2.32. The van der Waals surface area contributed by atoms with Crippen molar-refractivity contribution in [3.63, 3.8) is 0 Å². The molecule has 0 spiro atoms. The van der Waals surface area contributed by atoms with Gasteiger partial charge in [-0.05, 0) is 0 Å². The van der Waals surface area contributed by atoms with Crippen LogP contribution >= 0.6 is 0 Å². The summed E-state index contributed by atoms with van der Waals surface area (Å²) in [5.41, 5.74) is 0. The van der Waals surface area contributed by atoms with Crippen LogP contribution in [-0.2, 0) is 23.7 Å². The van der Waals surface area contributed by atoms with Crippen LogP contribution in [0.15, 0.2) is 0 Å². The molecule has 0 amide bonds. The van der Waals surface area contributed by atoms with Gasteiger partial charge in [-0.15, -0.1) is 0 Å². The van der Waals surface area contributed by atoms with Crippen LogP contribution in [0.4, 0.5) is 0 Å². The molecule has 0 bridgehead atoms. The number of hydrogen-bond acceptors (Lipinski definition) is 14. The predicted molar refractivity (Wildman–Crippen MR) is 89.2 cm³/mol. The van der Waals surface area contributed by atoms with E-state index in [9.17, 15) is 40.9 Å². The SMILES string of the molecule is OC[C@H]1O[C@H](O[C@@H]2[C@@H](O)[C@@H](O[C@H]3[C@H](O)[C@@H](CO)OC(O)[C@@H]3O)O[C@@H]2CO)[C@H](O)[C@H]1O. The first kappa shape index (κ1) is 24.1. The maximum absolute atomic E-state index is 10.5. The molecular weight excluding hydrogens is 416 g/mol. The van der Waals surface area contributed by atoms with Crippen molar-refractivity contribution < 1.29 is 69.6 Å². The molecule has 0 aromatic rings. The molecule has 3 saturated heterocycles. The van der Waals surface area contributed by atoms with Crippen molar-refractivity contribution in [3.05, 3.63) is 0 Å². The van der Waals surface area contributed by atoms with Gasteiger partial charge in [0.15, 0.2) is 18.9 Å². The van der Waals surface area contributed by atoms with Gasteiger partial charge < -0.3 is 69.6 Å². The standard InChI is InChI=1S/C16H28O14/c17-1-4-7(20)9(22)15(27-4)29-12-6(3-19)28-16(11(12)24)30-13-8(21)5(2-18)26-14(25)10(13)23/h4-25H,1-3H2/t4-,5-,6-,7+,8-,9-,10-,11-,12+,13+,14?,15-,16-/m1/s1. The largest absolute Gasteiger partial charge is 0.394 e. The summed E-state index contributed by atoms with van der Waals surface area (Å²) >= 11 is 0. The Morgan fingerprint density at radius 1 is 0.500 bits per heavy atom. The summed E-state index contributed by atoms with van der Waals surface area (Å²) < 4.78 is 26.2. The van der Waals surface area contributed by atoms with Gasteiger partial charge >= 0.3 is 0 Å². The molecule has 0 aliphatic carbocycles. The Morgan fingerprint density at radius 3 is 1.57 bits per heavy atom. The third kappa shape index (κ3) is 4.48. The minimum absolute atomic E-state index is 0.592. The van der Waals surface area contributed by atoms with E-state index in [0.29, 0.717) is 0 Å². The number of ether oxygens (including phenoxy) is 5. The smallest absolute Gasteiger partial charge is 0.187 e. The first-order chi connectivity index (χ1) is 14.2. The van der Waals surface area contributed by atoms with Gasteiger partial charge in [-0.25, -0.2) is 0 Å². The number of aliphatic hydroxyl groups excluding tert-OH is 9. The molecule has 0 saturated carbocycles. The lowest BCUT2D eigenvalue weighted by molar-refractivity contribution is -0.321. The summed E-state index contributed by atoms with van der Waals surface area (Å²) in [6, 6.07) is 0. The molecular formula is C16H28O14. The molecule has 3 rings (SSSR count). The van der Waals surface area contributed by atoms with Crippen LogP contribution in [0.1, 0.15) is 0 Å². The molecule has 14 heteroatoms. The zero-order valence-corrected chi connectivity index (χ0v) is 15.7. The second kappa shape index (κ2) is 9.93. The summed E-state index contributed by atoms with van der Waals surface area (Å²) in [6.45, 7) is -1.93. The molecule has 13 atom stereocenters. The summed E-state index contributed by atoms with van der Waals surface area (Å²) in [4.78, 5) is 0. The predicted octanol–water partition coefficient (Wildman–Crippen LogP) is -6.29. The normalized spacial score (nSPS) is 52.1. The summed E-state index contributed by atoms with van der Waals surface area (Å²) in [6.07, 6.45) is -19.1. The number of aliphatic hydroxyl groups is 9. The van der Waals surface area contributed by atoms with E-state index in [0.717, 1.165) is 0 Å². The molecule has 3 aliphatic rings. The number of rotatable bonds is 7. The fourth-order valence-corrected chi connectivity index (χ4v) is 3.65. The topological polar surface area (TPSA) is 228 Å². The van der Waals surface area contributed by atoms with Crippen molar-refractivity contribution in [2.24, 2.45) is 0 Å². The maximum Gasteiger partial charge on any atom is 0.187 e. The van der Waals surface area contributed by atoms with E-state index in [4.69, 9.17) is 28.8 Å². The van der Waals surface area contributed by atoms with E-state index in [-0.39, 0.29) is 0 Å². The van der Waals surface area contributed by atoms with E-state index in [2.05, 4.69) is 0 Å². The Morgan fingerprint density at radius 2 is 1.00 bits per heavy atom. The summed E-state index contributed by atoms with van der Waals surface area (Å²) in [5, 5.41) is 88.2. The van der Waals surface area contributed by atoms with Crippen molar-refractivity contribution in [3.8, 4) is 0 Å². The quantitative estimate of drug-likeness (QED) is 0.178. The van der Waals surface area contributed by atoms with Crippen molar-refractivity contribution in [2.45, 2.75) is 79.9 Å². The van der Waals surface area contributed by atoms with Crippen LogP contribution in [0.25, 0.3) is 0 Å². The molecule has 14 nitrogen and oxygen atoms in total. The van der Waals surface area contributed by atoms with Gasteiger partial charge in [-0.2, -0.15) is 0 Å². The summed E-state index contributed by atoms with van der Waals surface area (Å²) in [5.74, 6) is 0. The Kier molecular flexibility index (Phi) is 7.97. The summed E-state index contributed by atoms with van der Waals surface area (Å²) in [7, 11) is 0. The fraction of sp³-hybridized carbons (Fsp3) is 1.00. The Labute approximate surface area is 170 Å². The lowest BCUT2D eigenvalue weighted by Gasteiger charge is -2.41. The van der Waals surface area contributed by atoms with Crippen molar-refractivity contribution in [2.75, 3.05) is 19.8 Å². The fourth-order valence-electron chi connectivity index (χ4n) is 3.65. The monoisotopic (exact) mass is 444 g/mol. The highest BCUT2D eigenvalue weighted by molar-refractivity contribution is 4.95. The molecule has 9 N–H and O–H groups in total. The zero-order chi connectivity index (χ0) is 22.2. The molecule has 3 heterocycles. The Balaban J connectivity index is 1.68. The Hall–Kier alpha value is -0.560. The Bertz CT molecular complexity index is 552. The van der Waals surface area contributed by atoms with Crippen LogP contribution in [0, 0.1) is 0 Å². The van der Waals surface area contributed by atoms with Crippen LogP contribution < -0.4 is 0 Å². The third-order valence-electron chi connectivity index (χ3n) is 5.39. The molecule has 0 aromatic heterocycles. The number of hydrogen-bond donors (Lipinski definition) is 9. The maximum atomic E-state index is 10.5. The van der Waals surface area contributed by atoms with Gasteiger partial charge in [0.05, 0.1) is 19.8 Å². The highest BCUT2D eigenvalue weighted by Gasteiger charge is 2.53. The van der Waals surface area contributed by atoms with Crippen molar-refractivity contribution >= 4 is 0 Å².